The lowest BCUT2D eigenvalue weighted by Gasteiger charge is -2.40. The molecule has 2 N–H and O–H groups in total. The average molecular weight is 508 g/mol. The fourth-order valence-electron chi connectivity index (χ4n) is 4.48. The molecule has 0 bridgehead atoms. The highest BCUT2D eigenvalue weighted by Crippen LogP contribution is 2.28. The minimum atomic E-state index is -3.74. The first-order valence-corrected chi connectivity index (χ1v) is 13.1. The number of furan rings is 1. The van der Waals surface area contributed by atoms with Gasteiger partial charge in [-0.15, -0.1) is 0 Å². The predicted molar refractivity (Wildman–Crippen MR) is 138 cm³/mol. The van der Waals surface area contributed by atoms with Crippen LogP contribution in [-0.2, 0) is 14.8 Å². The number of nitrogens with zero attached hydrogens (tertiary/aromatic N) is 1. The van der Waals surface area contributed by atoms with Crippen molar-refractivity contribution in [2.45, 2.75) is 24.8 Å². The quantitative estimate of drug-likeness (QED) is 0.467. The van der Waals surface area contributed by atoms with Gasteiger partial charge < -0.3 is 15.1 Å². The number of benzene rings is 2. The summed E-state index contributed by atoms with van der Waals surface area (Å²) in [5.74, 6) is -0.101. The van der Waals surface area contributed by atoms with Crippen LogP contribution >= 0.6 is 0 Å². The van der Waals surface area contributed by atoms with Crippen LogP contribution in [0.2, 0.25) is 0 Å². The summed E-state index contributed by atoms with van der Waals surface area (Å²) in [5, 5.41) is 5.64. The first-order chi connectivity index (χ1) is 17.2. The van der Waals surface area contributed by atoms with Gasteiger partial charge in [-0.2, -0.15) is 4.31 Å². The summed E-state index contributed by atoms with van der Waals surface area (Å²) in [6.45, 7) is 7.89. The van der Waals surface area contributed by atoms with Crippen LogP contribution in [0.15, 0.2) is 88.7 Å². The standard InChI is InChI=1S/C27H29N3O5S/c1-4-25(31)29-26-18(2)16-30(17-19(26)3)36(33,34)22-12-10-21(11-13-22)28-27(32)24-15-14-23(35-24)20-8-6-5-7-9-20/h4-15,18-19,26H,1,16-17H2,2-3H3,(H,28,32)(H,29,31). The van der Waals surface area contributed by atoms with Crippen LogP contribution in [-0.4, -0.2) is 43.7 Å². The highest BCUT2D eigenvalue weighted by atomic mass is 32.2. The van der Waals surface area contributed by atoms with E-state index in [-0.39, 0.29) is 47.5 Å². The number of amides is 2. The lowest BCUT2D eigenvalue weighted by atomic mass is 9.87. The number of hydrogen-bond donors (Lipinski definition) is 2. The van der Waals surface area contributed by atoms with Crippen LogP contribution < -0.4 is 10.6 Å². The number of anilines is 1. The van der Waals surface area contributed by atoms with Gasteiger partial charge in [0.15, 0.2) is 5.76 Å². The smallest absolute Gasteiger partial charge is 0.291 e. The van der Waals surface area contributed by atoms with Crippen molar-refractivity contribution in [3.63, 3.8) is 0 Å². The summed E-state index contributed by atoms with van der Waals surface area (Å²) in [6.07, 6.45) is 1.22. The van der Waals surface area contributed by atoms with Crippen molar-refractivity contribution in [2.24, 2.45) is 11.8 Å². The summed E-state index contributed by atoms with van der Waals surface area (Å²) in [5.41, 5.74) is 1.31. The second kappa shape index (κ2) is 10.5. The van der Waals surface area contributed by atoms with Gasteiger partial charge in [0.1, 0.15) is 5.76 Å². The Hall–Kier alpha value is -3.69. The fourth-order valence-corrected chi connectivity index (χ4v) is 6.12. The lowest BCUT2D eigenvalue weighted by Crippen LogP contribution is -2.55. The van der Waals surface area contributed by atoms with E-state index in [0.29, 0.717) is 11.4 Å². The molecule has 2 amide bonds. The van der Waals surface area contributed by atoms with Crippen molar-refractivity contribution in [1.29, 1.82) is 0 Å². The van der Waals surface area contributed by atoms with Gasteiger partial charge in [-0.25, -0.2) is 8.42 Å². The van der Waals surface area contributed by atoms with Crippen molar-refractivity contribution in [3.05, 3.63) is 85.1 Å². The Bertz CT molecular complexity index is 1340. The van der Waals surface area contributed by atoms with Crippen LogP contribution in [0, 0.1) is 11.8 Å². The zero-order valence-electron chi connectivity index (χ0n) is 20.2. The molecule has 0 spiro atoms. The van der Waals surface area contributed by atoms with Crippen LogP contribution in [0.1, 0.15) is 24.4 Å². The van der Waals surface area contributed by atoms with Gasteiger partial charge in [-0.1, -0.05) is 50.8 Å². The molecule has 1 saturated heterocycles. The number of carbonyl (C=O) groups is 2. The van der Waals surface area contributed by atoms with Gasteiger partial charge in [0.05, 0.1) is 4.90 Å². The van der Waals surface area contributed by atoms with E-state index in [0.717, 1.165) is 5.56 Å². The highest BCUT2D eigenvalue weighted by molar-refractivity contribution is 7.89. The summed E-state index contributed by atoms with van der Waals surface area (Å²) in [6, 6.07) is 18.7. The molecule has 1 fully saturated rings. The maximum atomic E-state index is 13.3. The normalized spacial score (nSPS) is 20.4. The maximum Gasteiger partial charge on any atom is 0.291 e. The molecule has 9 heteroatoms. The van der Waals surface area contributed by atoms with Crippen LogP contribution in [0.4, 0.5) is 5.69 Å². The third-order valence-electron chi connectivity index (χ3n) is 6.34. The number of hydrogen-bond acceptors (Lipinski definition) is 5. The third-order valence-corrected chi connectivity index (χ3v) is 8.19. The van der Waals surface area contributed by atoms with Gasteiger partial charge in [0.25, 0.3) is 5.91 Å². The summed E-state index contributed by atoms with van der Waals surface area (Å²) in [7, 11) is -3.74. The largest absolute Gasteiger partial charge is 0.451 e. The maximum absolute atomic E-state index is 13.3. The Morgan fingerprint density at radius 2 is 1.61 bits per heavy atom. The number of piperidine rings is 1. The lowest BCUT2D eigenvalue weighted by molar-refractivity contribution is -0.118. The van der Waals surface area contributed by atoms with E-state index >= 15 is 0 Å². The van der Waals surface area contributed by atoms with Crippen molar-refractivity contribution in [1.82, 2.24) is 9.62 Å². The van der Waals surface area contributed by atoms with E-state index < -0.39 is 15.9 Å². The van der Waals surface area contributed by atoms with E-state index in [2.05, 4.69) is 17.2 Å². The van der Waals surface area contributed by atoms with Crippen molar-refractivity contribution >= 4 is 27.5 Å². The second-order valence-corrected chi connectivity index (χ2v) is 11.0. The second-order valence-electron chi connectivity index (χ2n) is 9.02. The van der Waals surface area contributed by atoms with Gasteiger partial charge in [0.2, 0.25) is 15.9 Å². The van der Waals surface area contributed by atoms with Gasteiger partial charge in [-0.3, -0.25) is 9.59 Å². The molecule has 36 heavy (non-hydrogen) atoms. The molecule has 188 valence electrons. The molecule has 4 rings (SSSR count). The fraction of sp³-hybridized carbons (Fsp3) is 0.259. The van der Waals surface area contributed by atoms with E-state index in [9.17, 15) is 18.0 Å². The zero-order valence-corrected chi connectivity index (χ0v) is 21.0. The molecule has 2 heterocycles. The van der Waals surface area contributed by atoms with Gasteiger partial charge >= 0.3 is 0 Å². The minimum Gasteiger partial charge on any atom is -0.451 e. The molecule has 0 saturated carbocycles. The van der Waals surface area contributed by atoms with Gasteiger partial charge in [-0.05, 0) is 54.3 Å². The summed E-state index contributed by atoms with van der Waals surface area (Å²) >= 11 is 0. The molecule has 2 aromatic carbocycles. The van der Waals surface area contributed by atoms with Crippen LogP contribution in [0.3, 0.4) is 0 Å². The van der Waals surface area contributed by atoms with Crippen molar-refractivity contribution < 1.29 is 22.4 Å². The average Bonchev–Trinajstić information content (AvgIpc) is 3.37. The molecular weight excluding hydrogens is 478 g/mol. The first kappa shape index (κ1) is 25.4. The predicted octanol–water partition coefficient (Wildman–Crippen LogP) is 4.15. The molecule has 2 unspecified atom stereocenters. The number of nitrogens with one attached hydrogen (secondary N) is 2. The van der Waals surface area contributed by atoms with Crippen LogP contribution in [0.25, 0.3) is 11.3 Å². The van der Waals surface area contributed by atoms with E-state index in [1.165, 1.54) is 22.5 Å². The SMILES string of the molecule is C=CC(=O)NC1C(C)CN(S(=O)(=O)c2ccc(NC(=O)c3ccc(-c4ccccc4)o3)cc2)CC1C. The molecule has 0 aliphatic carbocycles. The van der Waals surface area contributed by atoms with Crippen molar-refractivity contribution in [2.75, 3.05) is 18.4 Å². The molecule has 8 nitrogen and oxygen atoms in total. The number of rotatable bonds is 7. The molecule has 0 radical (unpaired) electrons. The molecular formula is C27H29N3O5S. The summed E-state index contributed by atoms with van der Waals surface area (Å²) in [4.78, 5) is 24.5. The Morgan fingerprint density at radius 1 is 0.972 bits per heavy atom. The van der Waals surface area contributed by atoms with Gasteiger partial charge in [0, 0.05) is 30.4 Å². The first-order valence-electron chi connectivity index (χ1n) is 11.7. The van der Waals surface area contributed by atoms with E-state index in [1.807, 2.05) is 44.2 Å². The highest BCUT2D eigenvalue weighted by Gasteiger charge is 2.38. The van der Waals surface area contributed by atoms with Crippen molar-refractivity contribution in [3.8, 4) is 11.3 Å². The van der Waals surface area contributed by atoms with E-state index in [1.54, 1.807) is 24.3 Å². The third kappa shape index (κ3) is 5.42. The molecule has 1 aliphatic heterocycles. The van der Waals surface area contributed by atoms with E-state index in [4.69, 9.17) is 4.42 Å². The monoisotopic (exact) mass is 507 g/mol. The number of sulfonamides is 1. The topological polar surface area (TPSA) is 109 Å². The zero-order chi connectivity index (χ0) is 25.9. The summed E-state index contributed by atoms with van der Waals surface area (Å²) < 4.78 is 33.7. The molecule has 3 aromatic rings. The Morgan fingerprint density at radius 3 is 2.22 bits per heavy atom. The molecule has 1 aromatic heterocycles. The van der Waals surface area contributed by atoms with Crippen LogP contribution in [0.5, 0.6) is 0 Å². The number of carbonyl (C=O) groups excluding carboxylic acids is 2. The minimum absolute atomic E-state index is 0.0694. The molecule has 1 aliphatic rings. The Kier molecular flexibility index (Phi) is 7.42. The Balaban J connectivity index is 1.42. The molecule has 2 atom stereocenters. The Labute approximate surface area is 211 Å².